The summed E-state index contributed by atoms with van der Waals surface area (Å²) in [6.45, 7) is 1.61. The van der Waals surface area contributed by atoms with Gasteiger partial charge < -0.3 is 10.1 Å². The maximum Gasteiger partial charge on any atom is 0.243 e. The van der Waals surface area contributed by atoms with Crippen LogP contribution in [0.15, 0.2) is 23.1 Å². The fraction of sp³-hybridized carbons (Fsp3) is 0.562. The zero-order valence-corrected chi connectivity index (χ0v) is 15.6. The summed E-state index contributed by atoms with van der Waals surface area (Å²) < 4.78 is 44.7. The van der Waals surface area contributed by atoms with E-state index in [0.717, 1.165) is 18.6 Å². The number of benzene rings is 1. The van der Waals surface area contributed by atoms with Crippen LogP contribution < -0.4 is 5.32 Å². The van der Waals surface area contributed by atoms with E-state index in [1.165, 1.54) is 10.4 Å². The van der Waals surface area contributed by atoms with Gasteiger partial charge in [0, 0.05) is 39.3 Å². The average Bonchev–Trinajstić information content (AvgIpc) is 2.61. The predicted molar refractivity (Wildman–Crippen MR) is 92.4 cm³/mol. The summed E-state index contributed by atoms with van der Waals surface area (Å²) in [7, 11) is -2.14. The number of hydrogen-bond acceptors (Lipinski definition) is 4. The van der Waals surface area contributed by atoms with Gasteiger partial charge in [0.25, 0.3) is 0 Å². The number of halogens is 2. The maximum absolute atomic E-state index is 13.2. The van der Waals surface area contributed by atoms with Crippen molar-refractivity contribution in [3.8, 4) is 0 Å². The Kier molecular flexibility index (Phi) is 7.18. The van der Waals surface area contributed by atoms with Crippen molar-refractivity contribution < 1.29 is 22.3 Å². The molecule has 6 nitrogen and oxygen atoms in total. The molecule has 0 bridgehead atoms. The van der Waals surface area contributed by atoms with Crippen molar-refractivity contribution in [3.05, 3.63) is 29.0 Å². The van der Waals surface area contributed by atoms with E-state index in [0.29, 0.717) is 26.0 Å². The number of ether oxygens (including phenoxy) is 1. The lowest BCUT2D eigenvalue weighted by molar-refractivity contribution is -0.126. The van der Waals surface area contributed by atoms with Crippen molar-refractivity contribution in [3.63, 3.8) is 0 Å². The van der Waals surface area contributed by atoms with Gasteiger partial charge in [0.15, 0.2) is 0 Å². The lowest BCUT2D eigenvalue weighted by atomic mass is 9.97. The second-order valence-corrected chi connectivity index (χ2v) is 8.24. The molecule has 1 aromatic rings. The van der Waals surface area contributed by atoms with Gasteiger partial charge in [-0.3, -0.25) is 4.79 Å². The van der Waals surface area contributed by atoms with E-state index in [9.17, 15) is 17.6 Å². The summed E-state index contributed by atoms with van der Waals surface area (Å²) in [6.07, 6.45) is 1.63. The van der Waals surface area contributed by atoms with Gasteiger partial charge in [-0.25, -0.2) is 12.8 Å². The van der Waals surface area contributed by atoms with Crippen LogP contribution in [0.2, 0.25) is 5.02 Å². The van der Waals surface area contributed by atoms with Crippen molar-refractivity contribution in [2.24, 2.45) is 5.92 Å². The lowest BCUT2D eigenvalue weighted by Gasteiger charge is -2.30. The number of carbonyl (C=O) groups is 1. The number of amides is 1. The molecule has 0 spiro atoms. The second-order valence-electron chi connectivity index (χ2n) is 5.89. The largest absolute Gasteiger partial charge is 0.385 e. The molecule has 0 unspecified atom stereocenters. The van der Waals surface area contributed by atoms with Crippen LogP contribution in [0.25, 0.3) is 0 Å². The Balaban J connectivity index is 1.92. The molecule has 1 aliphatic rings. The standard InChI is InChI=1S/C16H22ClFN2O4S/c1-24-10-2-7-19-16(21)12-5-8-20(9-6-12)25(22,23)13-3-4-15(18)14(17)11-13/h3-4,11-12H,2,5-10H2,1H3,(H,19,21). The third-order valence-electron chi connectivity index (χ3n) is 4.18. The number of hydrogen-bond donors (Lipinski definition) is 1. The summed E-state index contributed by atoms with van der Waals surface area (Å²) in [4.78, 5) is 12.1. The quantitative estimate of drug-likeness (QED) is 0.720. The summed E-state index contributed by atoms with van der Waals surface area (Å²) in [5.74, 6) is -0.923. The van der Waals surface area contributed by atoms with Crippen molar-refractivity contribution in [2.45, 2.75) is 24.2 Å². The molecule has 25 heavy (non-hydrogen) atoms. The van der Waals surface area contributed by atoms with E-state index in [4.69, 9.17) is 16.3 Å². The maximum atomic E-state index is 13.2. The highest BCUT2D eigenvalue weighted by atomic mass is 35.5. The van der Waals surface area contributed by atoms with E-state index < -0.39 is 15.8 Å². The van der Waals surface area contributed by atoms with Crippen LogP contribution in [-0.4, -0.2) is 52.0 Å². The van der Waals surface area contributed by atoms with Gasteiger partial charge in [0.05, 0.1) is 9.92 Å². The first-order valence-electron chi connectivity index (χ1n) is 8.08. The minimum absolute atomic E-state index is 0.0404. The van der Waals surface area contributed by atoms with E-state index in [2.05, 4.69) is 5.32 Å². The zero-order chi connectivity index (χ0) is 18.4. The van der Waals surface area contributed by atoms with E-state index in [1.54, 1.807) is 7.11 Å². The van der Waals surface area contributed by atoms with Gasteiger partial charge >= 0.3 is 0 Å². The highest BCUT2D eigenvalue weighted by Crippen LogP contribution is 2.26. The number of nitrogens with zero attached hydrogens (tertiary/aromatic N) is 1. The molecule has 2 rings (SSSR count). The van der Waals surface area contributed by atoms with Crippen LogP contribution in [0.4, 0.5) is 4.39 Å². The molecule has 0 aliphatic carbocycles. The predicted octanol–water partition coefficient (Wildman–Crippen LogP) is 2.03. The van der Waals surface area contributed by atoms with Gasteiger partial charge in [0.2, 0.25) is 15.9 Å². The smallest absolute Gasteiger partial charge is 0.243 e. The van der Waals surface area contributed by atoms with Crippen molar-refractivity contribution in [1.82, 2.24) is 9.62 Å². The third kappa shape index (κ3) is 5.13. The molecule has 1 N–H and O–H groups in total. The molecule has 1 saturated heterocycles. The highest BCUT2D eigenvalue weighted by Gasteiger charge is 2.32. The average molecular weight is 393 g/mol. The normalized spacial score (nSPS) is 16.8. The van der Waals surface area contributed by atoms with Crippen LogP contribution in [0.3, 0.4) is 0 Å². The Morgan fingerprint density at radius 1 is 1.40 bits per heavy atom. The Morgan fingerprint density at radius 2 is 2.08 bits per heavy atom. The number of carbonyl (C=O) groups excluding carboxylic acids is 1. The van der Waals surface area contributed by atoms with Crippen LogP contribution in [-0.2, 0) is 19.6 Å². The Morgan fingerprint density at radius 3 is 2.68 bits per heavy atom. The van der Waals surface area contributed by atoms with Gasteiger partial charge in [-0.05, 0) is 37.5 Å². The SMILES string of the molecule is COCCCNC(=O)C1CCN(S(=O)(=O)c2ccc(F)c(Cl)c2)CC1. The van der Waals surface area contributed by atoms with Crippen LogP contribution in [0, 0.1) is 11.7 Å². The van der Waals surface area contributed by atoms with Gasteiger partial charge in [-0.15, -0.1) is 0 Å². The molecule has 1 heterocycles. The molecule has 0 atom stereocenters. The number of sulfonamides is 1. The molecular weight excluding hydrogens is 371 g/mol. The molecule has 0 radical (unpaired) electrons. The fourth-order valence-electron chi connectivity index (χ4n) is 2.72. The number of nitrogens with one attached hydrogen (secondary N) is 1. The molecule has 0 aromatic heterocycles. The summed E-state index contributed by atoms with van der Waals surface area (Å²) in [5, 5.41) is 2.61. The van der Waals surface area contributed by atoms with Gasteiger partial charge in [-0.2, -0.15) is 4.31 Å². The molecule has 9 heteroatoms. The zero-order valence-electron chi connectivity index (χ0n) is 14.0. The minimum Gasteiger partial charge on any atom is -0.385 e. The third-order valence-corrected chi connectivity index (χ3v) is 6.36. The van der Waals surface area contributed by atoms with Crippen molar-refractivity contribution in [2.75, 3.05) is 33.4 Å². The first-order chi connectivity index (χ1) is 11.9. The molecule has 1 aliphatic heterocycles. The fourth-order valence-corrected chi connectivity index (χ4v) is 4.46. The summed E-state index contributed by atoms with van der Waals surface area (Å²) in [6, 6.07) is 3.35. The van der Waals surface area contributed by atoms with Crippen LogP contribution in [0.1, 0.15) is 19.3 Å². The highest BCUT2D eigenvalue weighted by molar-refractivity contribution is 7.89. The van der Waals surface area contributed by atoms with Crippen LogP contribution >= 0.6 is 11.6 Å². The summed E-state index contributed by atoms with van der Waals surface area (Å²) >= 11 is 5.67. The van der Waals surface area contributed by atoms with Gasteiger partial charge in [-0.1, -0.05) is 11.6 Å². The molecule has 1 fully saturated rings. The Labute approximate surface area is 152 Å². The Bertz CT molecular complexity index is 706. The first kappa shape index (κ1) is 20.1. The molecule has 1 aromatic carbocycles. The second kappa shape index (κ2) is 8.93. The molecule has 140 valence electrons. The van der Waals surface area contributed by atoms with E-state index >= 15 is 0 Å². The van der Waals surface area contributed by atoms with E-state index in [-0.39, 0.29) is 34.8 Å². The number of piperidine rings is 1. The minimum atomic E-state index is -3.74. The van der Waals surface area contributed by atoms with Crippen molar-refractivity contribution >= 4 is 27.5 Å². The number of rotatable bonds is 7. The lowest BCUT2D eigenvalue weighted by Crippen LogP contribution is -2.43. The number of methoxy groups -OCH3 is 1. The van der Waals surface area contributed by atoms with Gasteiger partial charge in [0.1, 0.15) is 5.82 Å². The topological polar surface area (TPSA) is 75.7 Å². The summed E-state index contributed by atoms with van der Waals surface area (Å²) in [5.41, 5.74) is 0. The van der Waals surface area contributed by atoms with Crippen molar-refractivity contribution in [1.29, 1.82) is 0 Å². The van der Waals surface area contributed by atoms with Crippen LogP contribution in [0.5, 0.6) is 0 Å². The monoisotopic (exact) mass is 392 g/mol. The molecule has 1 amide bonds. The molecular formula is C16H22ClFN2O4S. The van der Waals surface area contributed by atoms with E-state index in [1.807, 2.05) is 0 Å². The Hall–Kier alpha value is -1.22. The molecule has 0 saturated carbocycles. The first-order valence-corrected chi connectivity index (χ1v) is 9.90.